The largest absolute Gasteiger partial charge is 0.504 e. The minimum atomic E-state index is -0.597. The molecule has 1 aromatic carbocycles. The molecule has 0 heterocycles. The molecule has 0 saturated carbocycles. The molecule has 0 aliphatic carbocycles. The fourth-order valence-electron chi connectivity index (χ4n) is 0.916. The van der Waals surface area contributed by atoms with Crippen LogP contribution >= 0.6 is 0 Å². The lowest BCUT2D eigenvalue weighted by Gasteiger charge is -2.02. The van der Waals surface area contributed by atoms with Crippen LogP contribution < -0.4 is 5.73 Å². The van der Waals surface area contributed by atoms with Crippen LogP contribution in [0.25, 0.3) is 6.08 Å². The first kappa shape index (κ1) is 9.54. The van der Waals surface area contributed by atoms with E-state index in [2.05, 4.69) is 0 Å². The number of rotatable bonds is 2. The van der Waals surface area contributed by atoms with Gasteiger partial charge in [0, 0.05) is 6.54 Å². The number of hydrogen-bond acceptors (Lipinski definition) is 3. The van der Waals surface area contributed by atoms with Gasteiger partial charge in [-0.25, -0.2) is 4.39 Å². The first-order valence-electron chi connectivity index (χ1n) is 3.74. The standard InChI is InChI=1S/C9H10FNO2/c10-7-3-4-8(12)9(13)6(7)2-1-5-11/h1-4,12-13H,5,11H2/b2-1+. The van der Waals surface area contributed by atoms with E-state index >= 15 is 0 Å². The highest BCUT2D eigenvalue weighted by atomic mass is 19.1. The monoisotopic (exact) mass is 183 g/mol. The van der Waals surface area contributed by atoms with Crippen molar-refractivity contribution in [1.82, 2.24) is 0 Å². The molecule has 0 spiro atoms. The Morgan fingerprint density at radius 3 is 2.69 bits per heavy atom. The molecule has 0 unspecified atom stereocenters. The number of hydrogen-bond donors (Lipinski definition) is 3. The summed E-state index contributed by atoms with van der Waals surface area (Å²) in [7, 11) is 0. The molecule has 0 saturated heterocycles. The fourth-order valence-corrected chi connectivity index (χ4v) is 0.916. The maximum atomic E-state index is 13.0. The summed E-state index contributed by atoms with van der Waals surface area (Å²) in [4.78, 5) is 0. The molecule has 0 fully saturated rings. The molecule has 70 valence electrons. The van der Waals surface area contributed by atoms with Crippen LogP contribution in [0.15, 0.2) is 18.2 Å². The van der Waals surface area contributed by atoms with E-state index in [1.54, 1.807) is 0 Å². The summed E-state index contributed by atoms with van der Waals surface area (Å²) in [6.07, 6.45) is 2.81. The molecule has 0 aliphatic heterocycles. The summed E-state index contributed by atoms with van der Waals surface area (Å²) in [5.74, 6) is -1.41. The van der Waals surface area contributed by atoms with Crippen LogP contribution in [0.5, 0.6) is 11.5 Å². The van der Waals surface area contributed by atoms with Gasteiger partial charge in [-0.1, -0.05) is 12.2 Å². The second kappa shape index (κ2) is 3.91. The summed E-state index contributed by atoms with van der Waals surface area (Å²) >= 11 is 0. The lowest BCUT2D eigenvalue weighted by molar-refractivity contribution is 0.398. The van der Waals surface area contributed by atoms with E-state index in [0.29, 0.717) is 0 Å². The number of aromatic hydroxyl groups is 2. The lowest BCUT2D eigenvalue weighted by Crippen LogP contribution is -1.92. The molecule has 0 amide bonds. The van der Waals surface area contributed by atoms with E-state index in [9.17, 15) is 9.50 Å². The van der Waals surface area contributed by atoms with Crippen molar-refractivity contribution in [3.63, 3.8) is 0 Å². The maximum absolute atomic E-state index is 13.0. The van der Waals surface area contributed by atoms with Gasteiger partial charge in [0.05, 0.1) is 5.56 Å². The molecule has 4 heteroatoms. The van der Waals surface area contributed by atoms with Gasteiger partial charge in [-0.15, -0.1) is 0 Å². The Hall–Kier alpha value is -1.55. The van der Waals surface area contributed by atoms with Gasteiger partial charge in [-0.2, -0.15) is 0 Å². The van der Waals surface area contributed by atoms with Crippen LogP contribution in [-0.2, 0) is 0 Å². The highest BCUT2D eigenvalue weighted by Gasteiger charge is 2.08. The highest BCUT2D eigenvalue weighted by Crippen LogP contribution is 2.31. The zero-order valence-corrected chi connectivity index (χ0v) is 6.87. The van der Waals surface area contributed by atoms with Crippen molar-refractivity contribution in [2.45, 2.75) is 0 Å². The van der Waals surface area contributed by atoms with E-state index in [1.165, 1.54) is 12.2 Å². The first-order valence-corrected chi connectivity index (χ1v) is 3.74. The Morgan fingerprint density at radius 1 is 1.38 bits per heavy atom. The topological polar surface area (TPSA) is 66.5 Å². The minimum absolute atomic E-state index is 0.0505. The van der Waals surface area contributed by atoms with Crippen molar-refractivity contribution in [2.24, 2.45) is 5.73 Å². The van der Waals surface area contributed by atoms with E-state index in [1.807, 2.05) is 0 Å². The van der Waals surface area contributed by atoms with Crippen molar-refractivity contribution in [2.75, 3.05) is 6.54 Å². The molecule has 13 heavy (non-hydrogen) atoms. The van der Waals surface area contributed by atoms with Crippen molar-refractivity contribution < 1.29 is 14.6 Å². The summed E-state index contributed by atoms with van der Waals surface area (Å²) in [5, 5.41) is 18.3. The lowest BCUT2D eigenvalue weighted by atomic mass is 10.1. The zero-order chi connectivity index (χ0) is 9.84. The van der Waals surface area contributed by atoms with E-state index in [0.717, 1.165) is 12.1 Å². The molecule has 0 aromatic heterocycles. The van der Waals surface area contributed by atoms with Crippen molar-refractivity contribution in [1.29, 1.82) is 0 Å². The van der Waals surface area contributed by atoms with Crippen LogP contribution in [0.2, 0.25) is 0 Å². The van der Waals surface area contributed by atoms with Crippen LogP contribution in [0, 0.1) is 5.82 Å². The third-order valence-corrected chi connectivity index (χ3v) is 1.56. The van der Waals surface area contributed by atoms with Crippen molar-refractivity contribution in [3.05, 3.63) is 29.6 Å². The van der Waals surface area contributed by atoms with Gasteiger partial charge >= 0.3 is 0 Å². The SMILES string of the molecule is NC/C=C/c1c(F)ccc(O)c1O. The predicted octanol–water partition coefficient (Wildman–Crippen LogP) is 1.21. The molecule has 0 radical (unpaired) electrons. The van der Waals surface area contributed by atoms with E-state index in [4.69, 9.17) is 10.8 Å². The Bertz CT molecular complexity index is 337. The molecule has 0 atom stereocenters. The normalized spacial score (nSPS) is 10.9. The quantitative estimate of drug-likeness (QED) is 0.604. The van der Waals surface area contributed by atoms with Crippen molar-refractivity contribution >= 4 is 6.08 Å². The molecular formula is C9H10FNO2. The molecule has 3 nitrogen and oxygen atoms in total. The number of phenols is 2. The van der Waals surface area contributed by atoms with Gasteiger partial charge in [0.1, 0.15) is 5.82 Å². The average molecular weight is 183 g/mol. The average Bonchev–Trinajstić information content (AvgIpc) is 2.12. The van der Waals surface area contributed by atoms with Crippen molar-refractivity contribution in [3.8, 4) is 11.5 Å². The zero-order valence-electron chi connectivity index (χ0n) is 6.87. The summed E-state index contributed by atoms with van der Waals surface area (Å²) < 4.78 is 13.0. The fraction of sp³-hybridized carbons (Fsp3) is 0.111. The molecular weight excluding hydrogens is 173 g/mol. The smallest absolute Gasteiger partial charge is 0.167 e. The van der Waals surface area contributed by atoms with Crippen LogP contribution in [0.4, 0.5) is 4.39 Å². The van der Waals surface area contributed by atoms with E-state index < -0.39 is 11.6 Å². The van der Waals surface area contributed by atoms with E-state index in [-0.39, 0.29) is 17.9 Å². The summed E-state index contributed by atoms with van der Waals surface area (Å²) in [6.45, 7) is 0.245. The minimum Gasteiger partial charge on any atom is -0.504 e. The molecule has 0 aliphatic rings. The van der Waals surface area contributed by atoms with Gasteiger partial charge in [0.2, 0.25) is 0 Å². The molecule has 1 rings (SSSR count). The Labute approximate surface area is 74.9 Å². The molecule has 0 bridgehead atoms. The second-order valence-electron chi connectivity index (χ2n) is 2.47. The third-order valence-electron chi connectivity index (χ3n) is 1.56. The first-order chi connectivity index (χ1) is 6.16. The second-order valence-corrected chi connectivity index (χ2v) is 2.47. The van der Waals surface area contributed by atoms with Gasteiger partial charge in [0.15, 0.2) is 11.5 Å². The van der Waals surface area contributed by atoms with Crippen LogP contribution in [0.3, 0.4) is 0 Å². The van der Waals surface area contributed by atoms with Gasteiger partial charge in [-0.3, -0.25) is 0 Å². The number of halogens is 1. The summed E-state index contributed by atoms with van der Waals surface area (Å²) in [6, 6.07) is 2.16. The Morgan fingerprint density at radius 2 is 2.08 bits per heavy atom. The van der Waals surface area contributed by atoms with Gasteiger partial charge in [0.25, 0.3) is 0 Å². The Kier molecular flexibility index (Phi) is 2.87. The molecule has 1 aromatic rings. The van der Waals surface area contributed by atoms with Crippen LogP contribution in [-0.4, -0.2) is 16.8 Å². The maximum Gasteiger partial charge on any atom is 0.167 e. The highest BCUT2D eigenvalue weighted by molar-refractivity contribution is 5.61. The predicted molar refractivity (Wildman–Crippen MR) is 47.8 cm³/mol. The molecule has 4 N–H and O–H groups in total. The third kappa shape index (κ3) is 1.97. The van der Waals surface area contributed by atoms with Gasteiger partial charge < -0.3 is 15.9 Å². The number of benzene rings is 1. The number of nitrogens with two attached hydrogens (primary N) is 1. The van der Waals surface area contributed by atoms with Gasteiger partial charge in [-0.05, 0) is 12.1 Å². The number of phenolic OH excluding ortho intramolecular Hbond substituents is 2. The van der Waals surface area contributed by atoms with Crippen LogP contribution in [0.1, 0.15) is 5.56 Å². The summed E-state index contributed by atoms with van der Waals surface area (Å²) in [5.41, 5.74) is 5.11. The Balaban J connectivity index is 3.17.